The summed E-state index contributed by atoms with van der Waals surface area (Å²) in [4.78, 5) is 22.4. The molecule has 0 rings (SSSR count). The van der Waals surface area contributed by atoms with Gasteiger partial charge in [-0.05, 0) is 13.1 Å². The van der Waals surface area contributed by atoms with Gasteiger partial charge in [-0.15, -0.1) is 0 Å². The summed E-state index contributed by atoms with van der Waals surface area (Å²) < 4.78 is 0. The van der Waals surface area contributed by atoms with E-state index in [0.29, 0.717) is 13.1 Å². The number of carbonyl (C=O) groups excluding carboxylic acids is 1. The number of carboxylic acid groups (broad SMARTS) is 1. The second-order valence-corrected chi connectivity index (χ2v) is 2.42. The van der Waals surface area contributed by atoms with E-state index in [4.69, 9.17) is 5.11 Å². The van der Waals surface area contributed by atoms with Crippen LogP contribution in [-0.2, 0) is 9.59 Å². The highest BCUT2D eigenvalue weighted by Gasteiger charge is 2.22. The van der Waals surface area contributed by atoms with E-state index in [1.807, 2.05) is 13.8 Å². The first-order valence-corrected chi connectivity index (χ1v) is 3.99. The van der Waals surface area contributed by atoms with Gasteiger partial charge in [0.1, 0.15) is 6.04 Å². The molecular formula is C8H14NO3. The Morgan fingerprint density at radius 3 is 2.25 bits per heavy atom. The maximum Gasteiger partial charge on any atom is 0.321 e. The van der Waals surface area contributed by atoms with Crippen LogP contribution in [0.4, 0.5) is 0 Å². The van der Waals surface area contributed by atoms with Crippen LogP contribution in [0.5, 0.6) is 0 Å². The molecule has 0 heterocycles. The Balaban J connectivity index is 4.24. The van der Waals surface area contributed by atoms with Crippen molar-refractivity contribution in [2.24, 2.45) is 0 Å². The van der Waals surface area contributed by atoms with Crippen molar-refractivity contribution in [2.45, 2.75) is 26.3 Å². The van der Waals surface area contributed by atoms with Gasteiger partial charge in [0.2, 0.25) is 6.29 Å². The number of likely N-dealkylation sites (N-methyl/N-ethyl adjacent to an activating group) is 1. The molecule has 0 bridgehead atoms. The highest BCUT2D eigenvalue weighted by molar-refractivity contribution is 5.77. The number of hydrogen-bond donors (Lipinski definition) is 1. The van der Waals surface area contributed by atoms with Gasteiger partial charge in [0.15, 0.2) is 0 Å². The van der Waals surface area contributed by atoms with Crippen LogP contribution in [0.2, 0.25) is 0 Å². The van der Waals surface area contributed by atoms with E-state index in [-0.39, 0.29) is 6.42 Å². The van der Waals surface area contributed by atoms with E-state index in [1.54, 1.807) is 11.2 Å². The molecule has 12 heavy (non-hydrogen) atoms. The van der Waals surface area contributed by atoms with Crippen molar-refractivity contribution in [3.63, 3.8) is 0 Å². The minimum Gasteiger partial charge on any atom is -0.480 e. The lowest BCUT2D eigenvalue weighted by atomic mass is 10.2. The van der Waals surface area contributed by atoms with Crippen molar-refractivity contribution in [3.8, 4) is 0 Å². The van der Waals surface area contributed by atoms with Gasteiger partial charge in [-0.25, -0.2) is 0 Å². The Morgan fingerprint density at radius 2 is 2.00 bits per heavy atom. The minimum absolute atomic E-state index is 0.0585. The van der Waals surface area contributed by atoms with Crippen LogP contribution < -0.4 is 0 Å². The van der Waals surface area contributed by atoms with Crippen molar-refractivity contribution < 1.29 is 14.7 Å². The molecular weight excluding hydrogens is 158 g/mol. The monoisotopic (exact) mass is 172 g/mol. The van der Waals surface area contributed by atoms with Crippen molar-refractivity contribution >= 4 is 12.3 Å². The maximum absolute atomic E-state index is 10.6. The summed E-state index contributed by atoms with van der Waals surface area (Å²) in [5.74, 6) is -0.956. The van der Waals surface area contributed by atoms with Gasteiger partial charge in [0.25, 0.3) is 0 Å². The first-order valence-electron chi connectivity index (χ1n) is 3.99. The van der Waals surface area contributed by atoms with Gasteiger partial charge in [-0.1, -0.05) is 13.8 Å². The maximum atomic E-state index is 10.6. The van der Waals surface area contributed by atoms with Crippen molar-refractivity contribution in [3.05, 3.63) is 0 Å². The zero-order valence-electron chi connectivity index (χ0n) is 7.41. The van der Waals surface area contributed by atoms with Gasteiger partial charge >= 0.3 is 5.97 Å². The molecule has 0 aliphatic rings. The van der Waals surface area contributed by atoms with E-state index >= 15 is 0 Å². The number of hydrogen-bond acceptors (Lipinski definition) is 3. The first kappa shape index (κ1) is 11.1. The van der Waals surface area contributed by atoms with Crippen LogP contribution in [0, 0.1) is 0 Å². The van der Waals surface area contributed by atoms with Gasteiger partial charge in [0, 0.05) is 6.42 Å². The van der Waals surface area contributed by atoms with Crippen LogP contribution in [0.25, 0.3) is 0 Å². The first-order chi connectivity index (χ1) is 5.67. The summed E-state index contributed by atoms with van der Waals surface area (Å²) in [6.45, 7) is 5.00. The Hall–Kier alpha value is -0.900. The summed E-state index contributed by atoms with van der Waals surface area (Å²) in [5, 5.41) is 8.72. The Kier molecular flexibility index (Phi) is 5.28. The number of aliphatic carboxylic acids is 1. The van der Waals surface area contributed by atoms with Crippen molar-refractivity contribution in [1.82, 2.24) is 4.90 Å². The SMILES string of the molecule is CCN(CC)C(C[C]=O)C(=O)O. The summed E-state index contributed by atoms with van der Waals surface area (Å²) in [7, 11) is 0. The van der Waals surface area contributed by atoms with E-state index < -0.39 is 12.0 Å². The molecule has 1 N–H and O–H groups in total. The highest BCUT2D eigenvalue weighted by Crippen LogP contribution is 2.02. The topological polar surface area (TPSA) is 57.6 Å². The fourth-order valence-electron chi connectivity index (χ4n) is 1.12. The summed E-state index contributed by atoms with van der Waals surface area (Å²) in [5.41, 5.74) is 0. The molecule has 0 saturated carbocycles. The summed E-state index contributed by atoms with van der Waals surface area (Å²) in [6, 6.07) is -0.711. The van der Waals surface area contributed by atoms with E-state index in [9.17, 15) is 9.59 Å². The standard InChI is InChI=1S/C8H14NO3/c1-3-9(4-2)7(5-6-10)8(11)12/h7H,3-5H2,1-2H3,(H,11,12). The predicted molar refractivity (Wildman–Crippen MR) is 44.7 cm³/mol. The predicted octanol–water partition coefficient (Wildman–Crippen LogP) is 0.281. The molecule has 69 valence electrons. The molecule has 0 aromatic rings. The van der Waals surface area contributed by atoms with E-state index in [2.05, 4.69) is 0 Å². The molecule has 0 fully saturated rings. The number of nitrogens with zero attached hydrogens (tertiary/aromatic N) is 1. The van der Waals surface area contributed by atoms with Crippen molar-refractivity contribution in [2.75, 3.05) is 13.1 Å². The van der Waals surface area contributed by atoms with Crippen molar-refractivity contribution in [1.29, 1.82) is 0 Å². The molecule has 0 saturated heterocycles. The zero-order valence-corrected chi connectivity index (χ0v) is 7.41. The summed E-state index contributed by atoms with van der Waals surface area (Å²) >= 11 is 0. The Morgan fingerprint density at radius 1 is 1.50 bits per heavy atom. The van der Waals surface area contributed by atoms with Crippen LogP contribution >= 0.6 is 0 Å². The third-order valence-corrected chi connectivity index (χ3v) is 1.81. The Labute approximate surface area is 72.2 Å². The van der Waals surface area contributed by atoms with Crippen LogP contribution in [0.15, 0.2) is 0 Å². The van der Waals surface area contributed by atoms with Gasteiger partial charge in [0.05, 0.1) is 0 Å². The second kappa shape index (κ2) is 5.71. The normalized spacial score (nSPS) is 12.9. The second-order valence-electron chi connectivity index (χ2n) is 2.42. The molecule has 0 aliphatic carbocycles. The molecule has 0 aromatic carbocycles. The van der Waals surface area contributed by atoms with Crippen LogP contribution in [0.1, 0.15) is 20.3 Å². The van der Waals surface area contributed by atoms with Gasteiger partial charge in [-0.3, -0.25) is 14.5 Å². The lowest BCUT2D eigenvalue weighted by Gasteiger charge is -2.23. The summed E-state index contributed by atoms with van der Waals surface area (Å²) in [6.07, 6.45) is 1.57. The fraction of sp³-hybridized carbons (Fsp3) is 0.750. The molecule has 1 atom stereocenters. The van der Waals surface area contributed by atoms with E-state index in [0.717, 1.165) is 0 Å². The molecule has 0 spiro atoms. The van der Waals surface area contributed by atoms with Crippen LogP contribution in [0.3, 0.4) is 0 Å². The molecule has 1 radical (unpaired) electrons. The smallest absolute Gasteiger partial charge is 0.321 e. The molecule has 4 heteroatoms. The lowest BCUT2D eigenvalue weighted by molar-refractivity contribution is -0.142. The zero-order chi connectivity index (χ0) is 9.56. The number of rotatable bonds is 6. The Bertz CT molecular complexity index is 154. The molecule has 0 amide bonds. The third kappa shape index (κ3) is 3.00. The number of carboxylic acids is 1. The molecule has 4 nitrogen and oxygen atoms in total. The highest BCUT2D eigenvalue weighted by atomic mass is 16.4. The molecule has 0 aromatic heterocycles. The fourth-order valence-corrected chi connectivity index (χ4v) is 1.12. The average Bonchev–Trinajstić information content (AvgIpc) is 2.05. The molecule has 1 unspecified atom stereocenters. The van der Waals surface area contributed by atoms with Gasteiger partial charge < -0.3 is 5.11 Å². The largest absolute Gasteiger partial charge is 0.480 e. The quantitative estimate of drug-likeness (QED) is 0.625. The molecule has 0 aliphatic heterocycles. The minimum atomic E-state index is -0.956. The number of carbonyl (C=O) groups is 1. The van der Waals surface area contributed by atoms with E-state index in [1.165, 1.54) is 0 Å². The van der Waals surface area contributed by atoms with Crippen LogP contribution in [-0.4, -0.2) is 41.4 Å². The average molecular weight is 172 g/mol. The third-order valence-electron chi connectivity index (χ3n) is 1.81. The lowest BCUT2D eigenvalue weighted by Crippen LogP contribution is -2.41. The van der Waals surface area contributed by atoms with Gasteiger partial charge in [-0.2, -0.15) is 0 Å².